The van der Waals surface area contributed by atoms with Crippen LogP contribution in [0.1, 0.15) is 6.92 Å². The zero-order valence-electron chi connectivity index (χ0n) is 11.5. The van der Waals surface area contributed by atoms with Crippen LogP contribution in [0.3, 0.4) is 0 Å². The Labute approximate surface area is 124 Å². The molecule has 0 bridgehead atoms. The second-order valence-corrected chi connectivity index (χ2v) is 3.91. The number of allylic oxidation sites excluding steroid dienone is 1. The number of carbonyl (C=O) groups is 3. The number of hydrogen-bond donors (Lipinski definition) is 0. The van der Waals surface area contributed by atoms with Gasteiger partial charge in [0.25, 0.3) is 5.78 Å². The van der Waals surface area contributed by atoms with E-state index in [9.17, 15) is 27.6 Å². The molecule has 5 nitrogen and oxygen atoms in total. The first kappa shape index (κ1) is 17.4. The van der Waals surface area contributed by atoms with Gasteiger partial charge in [0.15, 0.2) is 0 Å². The van der Waals surface area contributed by atoms with Crippen molar-refractivity contribution in [2.75, 3.05) is 11.5 Å². The molecule has 0 spiro atoms. The van der Waals surface area contributed by atoms with Crippen molar-refractivity contribution < 1.29 is 32.3 Å². The van der Waals surface area contributed by atoms with Crippen LogP contribution in [-0.4, -0.2) is 30.4 Å². The molecule has 0 atom stereocenters. The van der Waals surface area contributed by atoms with Crippen molar-refractivity contribution in [1.29, 1.82) is 0 Å². The van der Waals surface area contributed by atoms with E-state index >= 15 is 0 Å². The van der Waals surface area contributed by atoms with Crippen LogP contribution in [0, 0.1) is 0 Å². The SMILES string of the molecule is CCOC(=O)C(=O)N(/C=C/C(=O)C(F)(F)F)c1ccccc1. The van der Waals surface area contributed by atoms with Gasteiger partial charge in [0.05, 0.1) is 6.61 Å². The summed E-state index contributed by atoms with van der Waals surface area (Å²) in [6.07, 6.45) is -4.31. The van der Waals surface area contributed by atoms with Crippen LogP contribution in [0.25, 0.3) is 0 Å². The van der Waals surface area contributed by atoms with Crippen molar-refractivity contribution in [3.05, 3.63) is 42.6 Å². The lowest BCUT2D eigenvalue weighted by molar-refractivity contribution is -0.165. The zero-order chi connectivity index (χ0) is 16.8. The number of para-hydroxylation sites is 1. The van der Waals surface area contributed by atoms with Crippen molar-refractivity contribution in [2.24, 2.45) is 0 Å². The minimum atomic E-state index is -5.06. The lowest BCUT2D eigenvalue weighted by atomic mass is 10.3. The number of ketones is 1. The van der Waals surface area contributed by atoms with E-state index in [-0.39, 0.29) is 18.4 Å². The fourth-order valence-electron chi connectivity index (χ4n) is 1.39. The van der Waals surface area contributed by atoms with Crippen LogP contribution in [0.2, 0.25) is 0 Å². The lowest BCUT2D eigenvalue weighted by Crippen LogP contribution is -2.34. The Bertz CT molecular complexity index is 582. The first-order valence-corrected chi connectivity index (χ1v) is 6.12. The average Bonchev–Trinajstić information content (AvgIpc) is 2.47. The first-order valence-electron chi connectivity index (χ1n) is 6.12. The number of ether oxygens (including phenoxy) is 1. The number of anilines is 1. The Morgan fingerprint density at radius 2 is 1.77 bits per heavy atom. The van der Waals surface area contributed by atoms with Gasteiger partial charge in [-0.1, -0.05) is 18.2 Å². The molecule has 0 saturated heterocycles. The van der Waals surface area contributed by atoms with Gasteiger partial charge in [0.2, 0.25) is 0 Å². The van der Waals surface area contributed by atoms with Crippen LogP contribution in [0.5, 0.6) is 0 Å². The predicted octanol–water partition coefficient (Wildman–Crippen LogP) is 2.23. The van der Waals surface area contributed by atoms with E-state index in [4.69, 9.17) is 0 Å². The lowest BCUT2D eigenvalue weighted by Gasteiger charge is -2.17. The molecule has 0 unspecified atom stereocenters. The number of benzene rings is 1. The van der Waals surface area contributed by atoms with Crippen molar-refractivity contribution in [3.8, 4) is 0 Å². The molecule has 1 aromatic carbocycles. The summed E-state index contributed by atoms with van der Waals surface area (Å²) in [6.45, 7) is 1.40. The molecule has 0 aliphatic rings. The van der Waals surface area contributed by atoms with Crippen LogP contribution in [-0.2, 0) is 19.1 Å². The van der Waals surface area contributed by atoms with E-state index in [0.717, 1.165) is 0 Å². The molecule has 0 aliphatic carbocycles. The van der Waals surface area contributed by atoms with E-state index in [1.54, 1.807) is 6.07 Å². The molecule has 0 saturated carbocycles. The number of rotatable bonds is 4. The largest absolute Gasteiger partial charge is 0.459 e. The zero-order valence-corrected chi connectivity index (χ0v) is 11.5. The standard InChI is InChI=1S/C14H12F3NO4/c1-2-22-13(21)12(20)18(10-6-4-3-5-7-10)9-8-11(19)14(15,16)17/h3-9H,2H2,1H3/b9-8+. The Morgan fingerprint density at radius 3 is 2.27 bits per heavy atom. The van der Waals surface area contributed by atoms with Crippen LogP contribution in [0.4, 0.5) is 18.9 Å². The van der Waals surface area contributed by atoms with E-state index in [0.29, 0.717) is 11.1 Å². The number of hydrogen-bond acceptors (Lipinski definition) is 4. The minimum Gasteiger partial charge on any atom is -0.459 e. The molecule has 0 fully saturated rings. The van der Waals surface area contributed by atoms with Gasteiger partial charge < -0.3 is 4.74 Å². The van der Waals surface area contributed by atoms with Gasteiger partial charge in [-0.05, 0) is 19.1 Å². The maximum Gasteiger partial charge on any atom is 0.454 e. The Hall–Kier alpha value is -2.64. The third kappa shape index (κ3) is 4.72. The minimum absolute atomic E-state index is 0.0710. The summed E-state index contributed by atoms with van der Waals surface area (Å²) in [5.74, 6) is -4.60. The quantitative estimate of drug-likeness (QED) is 0.485. The Morgan fingerprint density at radius 1 is 1.18 bits per heavy atom. The van der Waals surface area contributed by atoms with Crippen molar-refractivity contribution >= 4 is 23.3 Å². The normalized spacial score (nSPS) is 11.3. The fraction of sp³-hybridized carbons (Fsp3) is 0.214. The first-order chi connectivity index (χ1) is 10.3. The van der Waals surface area contributed by atoms with Gasteiger partial charge in [-0.3, -0.25) is 14.5 Å². The van der Waals surface area contributed by atoms with Crippen molar-refractivity contribution in [2.45, 2.75) is 13.1 Å². The number of halogens is 3. The van der Waals surface area contributed by atoms with Gasteiger partial charge in [0, 0.05) is 18.0 Å². The van der Waals surface area contributed by atoms with E-state index in [1.165, 1.54) is 31.2 Å². The maximum atomic E-state index is 12.2. The van der Waals surface area contributed by atoms with Crippen LogP contribution in [0.15, 0.2) is 42.6 Å². The molecule has 8 heteroatoms. The summed E-state index contributed by atoms with van der Waals surface area (Å²) in [7, 11) is 0. The highest BCUT2D eigenvalue weighted by atomic mass is 19.4. The molecular weight excluding hydrogens is 303 g/mol. The number of esters is 1. The van der Waals surface area contributed by atoms with Gasteiger partial charge in [-0.2, -0.15) is 13.2 Å². The molecule has 0 aromatic heterocycles. The molecule has 118 valence electrons. The summed E-state index contributed by atoms with van der Waals surface area (Å²) in [5.41, 5.74) is 0.117. The van der Waals surface area contributed by atoms with E-state index in [2.05, 4.69) is 4.74 Å². The number of carbonyl (C=O) groups excluding carboxylic acids is 3. The molecular formula is C14H12F3NO4. The van der Waals surface area contributed by atoms with Crippen molar-refractivity contribution in [1.82, 2.24) is 0 Å². The molecule has 0 heterocycles. The van der Waals surface area contributed by atoms with E-state index in [1.807, 2.05) is 0 Å². The van der Waals surface area contributed by atoms with Gasteiger partial charge in [-0.15, -0.1) is 0 Å². The molecule has 1 aromatic rings. The average molecular weight is 315 g/mol. The highest BCUT2D eigenvalue weighted by molar-refractivity contribution is 6.38. The molecule has 22 heavy (non-hydrogen) atoms. The smallest absolute Gasteiger partial charge is 0.454 e. The number of nitrogens with zero attached hydrogens (tertiary/aromatic N) is 1. The molecule has 0 N–H and O–H groups in total. The van der Waals surface area contributed by atoms with Gasteiger partial charge >= 0.3 is 18.1 Å². The van der Waals surface area contributed by atoms with Crippen LogP contribution < -0.4 is 4.90 Å². The highest BCUT2D eigenvalue weighted by Gasteiger charge is 2.36. The summed E-state index contributed by atoms with van der Waals surface area (Å²) in [4.78, 5) is 34.8. The third-order valence-electron chi connectivity index (χ3n) is 2.36. The maximum absolute atomic E-state index is 12.2. The number of alkyl halides is 3. The van der Waals surface area contributed by atoms with Crippen LogP contribution >= 0.6 is 0 Å². The Balaban J connectivity index is 3.08. The monoisotopic (exact) mass is 315 g/mol. The predicted molar refractivity (Wildman–Crippen MR) is 70.8 cm³/mol. The van der Waals surface area contributed by atoms with Gasteiger partial charge in [-0.25, -0.2) is 4.79 Å². The topological polar surface area (TPSA) is 63.7 Å². The third-order valence-corrected chi connectivity index (χ3v) is 2.36. The van der Waals surface area contributed by atoms with Gasteiger partial charge in [0.1, 0.15) is 0 Å². The second kappa shape index (κ2) is 7.39. The number of amides is 1. The summed E-state index contributed by atoms with van der Waals surface area (Å²) in [5, 5.41) is 0. The summed E-state index contributed by atoms with van der Waals surface area (Å²) < 4.78 is 41.1. The van der Waals surface area contributed by atoms with Crippen molar-refractivity contribution in [3.63, 3.8) is 0 Å². The molecule has 0 aliphatic heterocycles. The second-order valence-electron chi connectivity index (χ2n) is 3.91. The highest BCUT2D eigenvalue weighted by Crippen LogP contribution is 2.18. The molecule has 0 radical (unpaired) electrons. The molecule has 1 rings (SSSR count). The van der Waals surface area contributed by atoms with E-state index < -0.39 is 23.8 Å². The fourth-order valence-corrected chi connectivity index (χ4v) is 1.39. The summed E-state index contributed by atoms with van der Waals surface area (Å²) >= 11 is 0. The molecule has 1 amide bonds. The Kier molecular flexibility index (Phi) is 5.85. The summed E-state index contributed by atoms with van der Waals surface area (Å²) in [6, 6.07) is 7.42.